The lowest BCUT2D eigenvalue weighted by Gasteiger charge is -2.20. The maximum Gasteiger partial charge on any atom is 0.123 e. The third-order valence-electron chi connectivity index (χ3n) is 3.68. The highest BCUT2D eigenvalue weighted by Gasteiger charge is 2.15. The molecule has 106 valence electrons. The van der Waals surface area contributed by atoms with Crippen LogP contribution in [0.4, 0.5) is 4.39 Å². The number of halogens is 2. The van der Waals surface area contributed by atoms with Crippen LogP contribution in [0.2, 0.25) is 0 Å². The summed E-state index contributed by atoms with van der Waals surface area (Å²) < 4.78 is 14.7. The summed E-state index contributed by atoms with van der Waals surface area (Å²) in [5, 5.41) is 3.35. The Labute approximate surface area is 133 Å². The molecule has 0 radical (unpaired) electrons. The molecule has 0 aromatic heterocycles. The van der Waals surface area contributed by atoms with Crippen LogP contribution in [0.1, 0.15) is 28.3 Å². The molecule has 2 aromatic carbocycles. The lowest BCUT2D eigenvalue weighted by molar-refractivity contribution is 0.580. The van der Waals surface area contributed by atoms with Crippen LogP contribution in [0.25, 0.3) is 0 Å². The van der Waals surface area contributed by atoms with Crippen molar-refractivity contribution in [1.82, 2.24) is 5.32 Å². The van der Waals surface area contributed by atoms with E-state index in [1.165, 1.54) is 20.8 Å². The van der Waals surface area contributed by atoms with Crippen LogP contribution in [-0.2, 0) is 6.42 Å². The van der Waals surface area contributed by atoms with Gasteiger partial charge in [-0.25, -0.2) is 4.39 Å². The summed E-state index contributed by atoms with van der Waals surface area (Å²) in [5.74, 6) is -0.167. The van der Waals surface area contributed by atoms with E-state index in [2.05, 4.69) is 53.0 Å². The third kappa shape index (κ3) is 3.38. The zero-order valence-electron chi connectivity index (χ0n) is 12.0. The molecule has 1 nitrogen and oxygen atoms in total. The molecule has 1 atom stereocenters. The molecule has 20 heavy (non-hydrogen) atoms. The molecular formula is C17H19FIN. The molecule has 1 unspecified atom stereocenters. The third-order valence-corrected chi connectivity index (χ3v) is 5.15. The van der Waals surface area contributed by atoms with Crippen molar-refractivity contribution in [3.8, 4) is 0 Å². The highest BCUT2D eigenvalue weighted by Crippen LogP contribution is 2.26. The summed E-state index contributed by atoms with van der Waals surface area (Å²) in [7, 11) is 1.96. The van der Waals surface area contributed by atoms with E-state index in [0.717, 1.165) is 17.5 Å². The van der Waals surface area contributed by atoms with E-state index in [9.17, 15) is 4.39 Å². The van der Waals surface area contributed by atoms with Crippen molar-refractivity contribution >= 4 is 22.6 Å². The number of benzene rings is 2. The zero-order chi connectivity index (χ0) is 14.7. The standard InChI is InChI=1S/C17H19FIN/c1-11-7-8-14(18)9-13(11)10-16(20-3)15-6-4-5-12(2)17(15)19/h4-9,16,20H,10H2,1-3H3. The van der Waals surface area contributed by atoms with Crippen LogP contribution in [-0.4, -0.2) is 7.05 Å². The maximum absolute atomic E-state index is 13.4. The Morgan fingerprint density at radius 3 is 2.60 bits per heavy atom. The van der Waals surface area contributed by atoms with Gasteiger partial charge < -0.3 is 5.32 Å². The summed E-state index contributed by atoms with van der Waals surface area (Å²) in [6.45, 7) is 4.15. The number of rotatable bonds is 4. The first-order valence-corrected chi connectivity index (χ1v) is 7.78. The topological polar surface area (TPSA) is 12.0 Å². The van der Waals surface area contributed by atoms with Crippen molar-refractivity contribution in [1.29, 1.82) is 0 Å². The maximum atomic E-state index is 13.4. The SMILES string of the molecule is CNC(Cc1cc(F)ccc1C)c1cccc(C)c1I. The second-order valence-electron chi connectivity index (χ2n) is 5.09. The molecular weight excluding hydrogens is 364 g/mol. The van der Waals surface area contributed by atoms with Crippen molar-refractivity contribution < 1.29 is 4.39 Å². The summed E-state index contributed by atoms with van der Waals surface area (Å²) >= 11 is 2.39. The van der Waals surface area contributed by atoms with Crippen molar-refractivity contribution in [3.63, 3.8) is 0 Å². The second kappa shape index (κ2) is 6.68. The number of aryl methyl sites for hydroxylation is 2. The van der Waals surface area contributed by atoms with Crippen molar-refractivity contribution in [2.75, 3.05) is 7.05 Å². The van der Waals surface area contributed by atoms with Crippen LogP contribution in [0.15, 0.2) is 36.4 Å². The van der Waals surface area contributed by atoms with E-state index in [4.69, 9.17) is 0 Å². The summed E-state index contributed by atoms with van der Waals surface area (Å²) in [5.41, 5.74) is 4.74. The molecule has 0 amide bonds. The molecule has 0 aliphatic carbocycles. The van der Waals surface area contributed by atoms with Crippen LogP contribution in [0, 0.1) is 23.2 Å². The van der Waals surface area contributed by atoms with E-state index in [0.29, 0.717) is 0 Å². The average Bonchev–Trinajstić information content (AvgIpc) is 2.43. The minimum atomic E-state index is -0.167. The van der Waals surface area contributed by atoms with Gasteiger partial charge in [0.1, 0.15) is 5.82 Å². The van der Waals surface area contributed by atoms with Gasteiger partial charge in [0.05, 0.1) is 0 Å². The Kier molecular flexibility index (Phi) is 5.16. The Bertz CT molecular complexity index is 610. The van der Waals surface area contributed by atoms with E-state index in [1.54, 1.807) is 6.07 Å². The Hall–Kier alpha value is -0.940. The number of nitrogens with one attached hydrogen (secondary N) is 1. The van der Waals surface area contributed by atoms with Gasteiger partial charge >= 0.3 is 0 Å². The predicted octanol–water partition coefficient (Wildman–Crippen LogP) is 4.55. The fourth-order valence-electron chi connectivity index (χ4n) is 2.39. The number of hydrogen-bond donors (Lipinski definition) is 1. The Balaban J connectivity index is 2.34. The van der Waals surface area contributed by atoms with Crippen LogP contribution in [0.3, 0.4) is 0 Å². The van der Waals surface area contributed by atoms with Gasteiger partial charge in [0, 0.05) is 9.61 Å². The first kappa shape index (κ1) is 15.4. The molecule has 0 bridgehead atoms. The van der Waals surface area contributed by atoms with Crippen LogP contribution >= 0.6 is 22.6 Å². The smallest absolute Gasteiger partial charge is 0.123 e. The second-order valence-corrected chi connectivity index (χ2v) is 6.17. The van der Waals surface area contributed by atoms with Crippen molar-refractivity contribution in [2.24, 2.45) is 0 Å². The Morgan fingerprint density at radius 1 is 1.15 bits per heavy atom. The molecule has 3 heteroatoms. The molecule has 0 heterocycles. The monoisotopic (exact) mass is 383 g/mol. The van der Waals surface area contributed by atoms with Gasteiger partial charge in [-0.1, -0.05) is 24.3 Å². The molecule has 2 rings (SSSR count). The average molecular weight is 383 g/mol. The Morgan fingerprint density at radius 2 is 1.90 bits per heavy atom. The fraction of sp³-hybridized carbons (Fsp3) is 0.294. The van der Waals surface area contributed by atoms with Gasteiger partial charge in [-0.3, -0.25) is 0 Å². The zero-order valence-corrected chi connectivity index (χ0v) is 14.2. The minimum absolute atomic E-state index is 0.167. The molecule has 0 saturated carbocycles. The van der Waals surface area contributed by atoms with Gasteiger partial charge in [-0.15, -0.1) is 0 Å². The highest BCUT2D eigenvalue weighted by molar-refractivity contribution is 14.1. The van der Waals surface area contributed by atoms with E-state index >= 15 is 0 Å². The lowest BCUT2D eigenvalue weighted by Crippen LogP contribution is -2.20. The van der Waals surface area contributed by atoms with Gasteiger partial charge in [0.25, 0.3) is 0 Å². The molecule has 0 fully saturated rings. The lowest BCUT2D eigenvalue weighted by atomic mass is 9.95. The fourth-order valence-corrected chi connectivity index (χ4v) is 3.12. The predicted molar refractivity (Wildman–Crippen MR) is 90.5 cm³/mol. The first-order chi connectivity index (χ1) is 9.52. The highest BCUT2D eigenvalue weighted by atomic mass is 127. The quantitative estimate of drug-likeness (QED) is 0.764. The summed E-state index contributed by atoms with van der Waals surface area (Å²) in [6.07, 6.45) is 0.791. The normalized spacial score (nSPS) is 12.4. The largest absolute Gasteiger partial charge is 0.313 e. The number of likely N-dealkylation sites (N-methyl/N-ethyl adjacent to an activating group) is 1. The minimum Gasteiger partial charge on any atom is -0.313 e. The molecule has 0 aliphatic rings. The molecule has 0 saturated heterocycles. The summed E-state index contributed by atoms with van der Waals surface area (Å²) in [6, 6.07) is 11.5. The van der Waals surface area contributed by atoms with E-state index in [-0.39, 0.29) is 11.9 Å². The first-order valence-electron chi connectivity index (χ1n) is 6.70. The van der Waals surface area contributed by atoms with Gasteiger partial charge in [0.15, 0.2) is 0 Å². The van der Waals surface area contributed by atoms with Crippen molar-refractivity contribution in [2.45, 2.75) is 26.3 Å². The van der Waals surface area contributed by atoms with Crippen LogP contribution in [0.5, 0.6) is 0 Å². The molecule has 0 aliphatic heterocycles. The van der Waals surface area contributed by atoms with Crippen LogP contribution < -0.4 is 5.32 Å². The molecule has 2 aromatic rings. The van der Waals surface area contributed by atoms with Gasteiger partial charge in [-0.2, -0.15) is 0 Å². The molecule has 1 N–H and O–H groups in total. The molecule has 0 spiro atoms. The summed E-state index contributed by atoms with van der Waals surface area (Å²) in [4.78, 5) is 0. The van der Waals surface area contributed by atoms with E-state index in [1.807, 2.05) is 20.0 Å². The van der Waals surface area contributed by atoms with E-state index < -0.39 is 0 Å². The van der Waals surface area contributed by atoms with Gasteiger partial charge in [-0.05, 0) is 84.3 Å². The van der Waals surface area contributed by atoms with Crippen molar-refractivity contribution in [3.05, 3.63) is 68.0 Å². The van der Waals surface area contributed by atoms with Gasteiger partial charge in [0.2, 0.25) is 0 Å². The number of hydrogen-bond acceptors (Lipinski definition) is 1.